The van der Waals surface area contributed by atoms with Crippen molar-refractivity contribution >= 4 is 22.8 Å². The number of aliphatic carboxylic acids is 1. The fraction of sp³-hybridized carbons (Fsp3) is 0.385. The molecule has 2 heterocycles. The highest BCUT2D eigenvalue weighted by Gasteiger charge is 2.19. The van der Waals surface area contributed by atoms with E-state index in [0.717, 1.165) is 31.9 Å². The molecule has 0 unspecified atom stereocenters. The summed E-state index contributed by atoms with van der Waals surface area (Å²) in [7, 11) is 0. The number of hydrogen-bond acceptors (Lipinski definition) is 5. The van der Waals surface area contributed by atoms with Gasteiger partial charge in [-0.3, -0.25) is 9.36 Å². The topological polar surface area (TPSA) is 87.7 Å². The van der Waals surface area contributed by atoms with Crippen LogP contribution in [-0.4, -0.2) is 41.8 Å². The van der Waals surface area contributed by atoms with Crippen molar-refractivity contribution in [2.24, 2.45) is 0 Å². The number of benzene rings is 1. The third kappa shape index (κ3) is 2.16. The summed E-state index contributed by atoms with van der Waals surface area (Å²) < 4.78 is 6.31. The number of fused-ring (bicyclic) bond motifs is 1. The first-order valence-corrected chi connectivity index (χ1v) is 6.46. The second-order valence-corrected chi connectivity index (χ2v) is 4.71. The first kappa shape index (κ1) is 12.7. The molecule has 3 rings (SSSR count). The number of hydrogen-bond donors (Lipinski definition) is 2. The van der Waals surface area contributed by atoms with Crippen molar-refractivity contribution in [3.05, 3.63) is 28.7 Å². The van der Waals surface area contributed by atoms with Crippen LogP contribution in [0.25, 0.3) is 11.1 Å². The Hall–Kier alpha value is -2.28. The molecule has 1 aliphatic rings. The first-order chi connectivity index (χ1) is 9.66. The average molecular weight is 277 g/mol. The fourth-order valence-corrected chi connectivity index (χ4v) is 2.54. The van der Waals surface area contributed by atoms with Crippen molar-refractivity contribution < 1.29 is 14.3 Å². The Labute approximate surface area is 114 Å². The summed E-state index contributed by atoms with van der Waals surface area (Å²) in [6, 6.07) is 5.38. The first-order valence-electron chi connectivity index (χ1n) is 6.46. The van der Waals surface area contributed by atoms with Crippen LogP contribution in [0.1, 0.15) is 0 Å². The minimum absolute atomic E-state index is 0.394. The van der Waals surface area contributed by atoms with Gasteiger partial charge >= 0.3 is 11.7 Å². The molecule has 7 heteroatoms. The number of anilines is 1. The molecule has 0 bridgehead atoms. The number of para-hydroxylation sites is 1. The van der Waals surface area contributed by atoms with Crippen LogP contribution in [0, 0.1) is 0 Å². The standard InChI is InChI=1S/C13H15N3O4/c17-11(18)8-16-12-9(15-6-4-14-5-7-15)2-1-3-10(12)20-13(16)19/h1-3,14H,4-8H2,(H,17,18). The lowest BCUT2D eigenvalue weighted by molar-refractivity contribution is -0.137. The summed E-state index contributed by atoms with van der Waals surface area (Å²) in [4.78, 5) is 24.9. The van der Waals surface area contributed by atoms with Gasteiger partial charge in [-0.25, -0.2) is 4.79 Å². The van der Waals surface area contributed by atoms with Gasteiger partial charge in [-0.05, 0) is 12.1 Å². The molecular weight excluding hydrogens is 262 g/mol. The highest BCUT2D eigenvalue weighted by atomic mass is 16.4. The molecule has 0 radical (unpaired) electrons. The molecule has 20 heavy (non-hydrogen) atoms. The smallest absolute Gasteiger partial charge is 0.420 e. The maximum absolute atomic E-state index is 11.8. The zero-order chi connectivity index (χ0) is 14.1. The molecule has 1 aromatic heterocycles. The summed E-state index contributed by atoms with van der Waals surface area (Å²) in [6.07, 6.45) is 0. The molecule has 0 saturated carbocycles. The van der Waals surface area contributed by atoms with Gasteiger partial charge in [0.1, 0.15) is 12.1 Å². The van der Waals surface area contributed by atoms with E-state index in [0.29, 0.717) is 11.1 Å². The van der Waals surface area contributed by atoms with E-state index in [-0.39, 0.29) is 0 Å². The number of carboxylic acids is 1. The molecule has 1 aromatic carbocycles. The lowest BCUT2D eigenvalue weighted by Crippen LogP contribution is -2.43. The number of nitrogens with one attached hydrogen (secondary N) is 1. The third-order valence-electron chi connectivity index (χ3n) is 3.42. The number of aromatic nitrogens is 1. The third-order valence-corrected chi connectivity index (χ3v) is 3.42. The molecule has 1 aliphatic heterocycles. The summed E-state index contributed by atoms with van der Waals surface area (Å²) in [5.74, 6) is -1.70. The molecule has 2 N–H and O–H groups in total. The monoisotopic (exact) mass is 277 g/mol. The van der Waals surface area contributed by atoms with E-state index in [4.69, 9.17) is 9.52 Å². The van der Waals surface area contributed by atoms with E-state index in [1.165, 1.54) is 4.57 Å². The van der Waals surface area contributed by atoms with Crippen LogP contribution in [0.15, 0.2) is 27.4 Å². The van der Waals surface area contributed by atoms with Crippen LogP contribution < -0.4 is 16.0 Å². The van der Waals surface area contributed by atoms with E-state index < -0.39 is 18.3 Å². The van der Waals surface area contributed by atoms with Crippen molar-refractivity contribution in [2.75, 3.05) is 31.1 Å². The van der Waals surface area contributed by atoms with Gasteiger partial charge in [0.25, 0.3) is 0 Å². The van der Waals surface area contributed by atoms with Gasteiger partial charge in [0.2, 0.25) is 0 Å². The second-order valence-electron chi connectivity index (χ2n) is 4.71. The fourth-order valence-electron chi connectivity index (χ4n) is 2.54. The van der Waals surface area contributed by atoms with Crippen molar-refractivity contribution in [3.63, 3.8) is 0 Å². The summed E-state index contributed by atoms with van der Waals surface area (Å²) in [5.41, 5.74) is 1.82. The van der Waals surface area contributed by atoms with Gasteiger partial charge in [0.15, 0.2) is 5.58 Å². The largest absolute Gasteiger partial charge is 0.480 e. The number of carboxylic acid groups (broad SMARTS) is 1. The van der Waals surface area contributed by atoms with Gasteiger partial charge < -0.3 is 19.7 Å². The number of oxazole rings is 1. The quantitative estimate of drug-likeness (QED) is 0.826. The molecular formula is C13H15N3O4. The normalized spacial score (nSPS) is 15.7. The van der Waals surface area contributed by atoms with E-state index in [9.17, 15) is 9.59 Å². The lowest BCUT2D eigenvalue weighted by atomic mass is 10.2. The lowest BCUT2D eigenvalue weighted by Gasteiger charge is -2.29. The number of nitrogens with zero attached hydrogens (tertiary/aromatic N) is 2. The average Bonchev–Trinajstić information content (AvgIpc) is 2.75. The molecule has 0 aliphatic carbocycles. The predicted molar refractivity (Wildman–Crippen MR) is 73.2 cm³/mol. The van der Waals surface area contributed by atoms with Crippen LogP contribution >= 0.6 is 0 Å². The molecule has 0 atom stereocenters. The van der Waals surface area contributed by atoms with E-state index in [1.807, 2.05) is 12.1 Å². The highest BCUT2D eigenvalue weighted by molar-refractivity contribution is 5.88. The van der Waals surface area contributed by atoms with Crippen LogP contribution in [0.4, 0.5) is 5.69 Å². The van der Waals surface area contributed by atoms with Crippen molar-refractivity contribution in [2.45, 2.75) is 6.54 Å². The van der Waals surface area contributed by atoms with Gasteiger partial charge in [-0.15, -0.1) is 0 Å². The molecule has 106 valence electrons. The van der Waals surface area contributed by atoms with Gasteiger partial charge in [0, 0.05) is 26.2 Å². The van der Waals surface area contributed by atoms with Crippen LogP contribution in [0.3, 0.4) is 0 Å². The maximum Gasteiger partial charge on any atom is 0.420 e. The van der Waals surface area contributed by atoms with Crippen molar-refractivity contribution in [1.29, 1.82) is 0 Å². The zero-order valence-electron chi connectivity index (χ0n) is 10.8. The Morgan fingerprint density at radius 1 is 1.35 bits per heavy atom. The minimum atomic E-state index is -1.06. The maximum atomic E-state index is 11.8. The van der Waals surface area contributed by atoms with Crippen LogP contribution in [-0.2, 0) is 11.3 Å². The Kier molecular flexibility index (Phi) is 3.19. The zero-order valence-corrected chi connectivity index (χ0v) is 10.8. The van der Waals surface area contributed by atoms with Crippen molar-refractivity contribution in [3.8, 4) is 0 Å². The Morgan fingerprint density at radius 3 is 2.80 bits per heavy atom. The summed E-state index contributed by atoms with van der Waals surface area (Å²) in [5, 5.41) is 12.2. The number of carbonyl (C=O) groups is 1. The number of piperazine rings is 1. The molecule has 0 amide bonds. The van der Waals surface area contributed by atoms with Crippen LogP contribution in [0.2, 0.25) is 0 Å². The SMILES string of the molecule is O=C(O)Cn1c(=O)oc2cccc(N3CCNCC3)c21. The molecule has 7 nitrogen and oxygen atoms in total. The summed E-state index contributed by atoms with van der Waals surface area (Å²) >= 11 is 0. The van der Waals surface area contributed by atoms with Gasteiger partial charge in [-0.2, -0.15) is 0 Å². The molecule has 1 saturated heterocycles. The Bertz CT molecular complexity index is 697. The van der Waals surface area contributed by atoms with E-state index >= 15 is 0 Å². The molecule has 2 aromatic rings. The molecule has 0 spiro atoms. The second kappa shape index (κ2) is 5.01. The van der Waals surface area contributed by atoms with E-state index in [2.05, 4.69) is 10.2 Å². The van der Waals surface area contributed by atoms with Gasteiger partial charge in [0.05, 0.1) is 5.69 Å². The Morgan fingerprint density at radius 2 is 2.10 bits per heavy atom. The van der Waals surface area contributed by atoms with E-state index in [1.54, 1.807) is 6.07 Å². The Balaban J connectivity index is 2.15. The minimum Gasteiger partial charge on any atom is -0.480 e. The molecule has 1 fully saturated rings. The summed E-state index contributed by atoms with van der Waals surface area (Å²) in [6.45, 7) is 2.95. The number of rotatable bonds is 3. The van der Waals surface area contributed by atoms with Crippen LogP contribution in [0.5, 0.6) is 0 Å². The predicted octanol–water partition coefficient (Wildman–Crippen LogP) is 0.0887. The van der Waals surface area contributed by atoms with Gasteiger partial charge in [-0.1, -0.05) is 6.07 Å². The highest BCUT2D eigenvalue weighted by Crippen LogP contribution is 2.26. The van der Waals surface area contributed by atoms with Crippen molar-refractivity contribution in [1.82, 2.24) is 9.88 Å².